The first-order valence-electron chi connectivity index (χ1n) is 2.52. The van der Waals surface area contributed by atoms with Gasteiger partial charge in [-0.25, -0.2) is 0 Å². The monoisotopic (exact) mass is 238 g/mol. The lowest BCUT2D eigenvalue weighted by Gasteiger charge is -1.99. The van der Waals surface area contributed by atoms with Gasteiger partial charge >= 0.3 is 0 Å². The molecule has 0 radical (unpaired) electrons. The number of hydrogen-bond acceptors (Lipinski definition) is 2. The van der Waals surface area contributed by atoms with Gasteiger partial charge in [0.1, 0.15) is 5.75 Å². The van der Waals surface area contributed by atoms with Crippen molar-refractivity contribution in [2.45, 2.75) is 4.90 Å². The minimum atomic E-state index is 0.203. The first-order chi connectivity index (χ1) is 4.75. The lowest BCUT2D eigenvalue weighted by molar-refractivity contribution is 0.462. The van der Waals surface area contributed by atoms with Crippen LogP contribution >= 0.6 is 37.6 Å². The third kappa shape index (κ3) is 1.59. The number of rotatable bonds is 1. The summed E-state index contributed by atoms with van der Waals surface area (Å²) in [5.41, 5.74) is 0. The molecule has 0 heterocycles. The molecule has 54 valence electrons. The fourth-order valence-corrected chi connectivity index (χ4v) is 2.23. The molecule has 0 aromatic heterocycles. The van der Waals surface area contributed by atoms with Crippen molar-refractivity contribution in [1.82, 2.24) is 0 Å². The molecule has 0 saturated heterocycles. The number of halogens is 2. The van der Waals surface area contributed by atoms with Crippen LogP contribution in [0.2, 0.25) is 0 Å². The Hall–Kier alpha value is 0.140. The van der Waals surface area contributed by atoms with Gasteiger partial charge in [0.15, 0.2) is 0 Å². The highest BCUT2D eigenvalue weighted by molar-refractivity contribution is 9.10. The summed E-state index contributed by atoms with van der Waals surface area (Å²) < 4.78 is 0.813. The van der Waals surface area contributed by atoms with E-state index in [1.807, 2.05) is 6.07 Å². The van der Waals surface area contributed by atoms with Crippen molar-refractivity contribution < 1.29 is 5.11 Å². The lowest BCUT2D eigenvalue weighted by Crippen LogP contribution is -1.71. The SMILES string of the molecule is Oc1cccc(Br)c1SCl. The molecule has 0 aliphatic carbocycles. The molecular formula is C6H4BrClOS. The molecule has 0 saturated carbocycles. The van der Waals surface area contributed by atoms with Gasteiger partial charge in [0, 0.05) is 4.47 Å². The Bertz CT molecular complexity index is 221. The topological polar surface area (TPSA) is 20.2 Å². The summed E-state index contributed by atoms with van der Waals surface area (Å²) >= 11 is 3.24. The van der Waals surface area contributed by atoms with Crippen LogP contribution in [0.5, 0.6) is 5.75 Å². The van der Waals surface area contributed by atoms with E-state index in [4.69, 9.17) is 15.8 Å². The van der Waals surface area contributed by atoms with Gasteiger partial charge in [-0.15, -0.1) is 0 Å². The Balaban J connectivity index is 3.17. The summed E-state index contributed by atoms with van der Waals surface area (Å²) in [6.07, 6.45) is 0. The van der Waals surface area contributed by atoms with Crippen LogP contribution in [-0.2, 0) is 0 Å². The number of aromatic hydroxyl groups is 1. The molecule has 0 unspecified atom stereocenters. The molecule has 10 heavy (non-hydrogen) atoms. The number of hydrogen-bond donors (Lipinski definition) is 1. The largest absolute Gasteiger partial charge is 0.507 e. The van der Waals surface area contributed by atoms with E-state index in [-0.39, 0.29) is 5.75 Å². The highest BCUT2D eigenvalue weighted by Gasteiger charge is 2.03. The van der Waals surface area contributed by atoms with Gasteiger partial charge in [-0.1, -0.05) is 6.07 Å². The van der Waals surface area contributed by atoms with Crippen molar-refractivity contribution >= 4 is 37.6 Å². The average Bonchev–Trinajstić information content (AvgIpc) is 1.88. The molecule has 0 amide bonds. The number of benzene rings is 1. The third-order valence-electron chi connectivity index (χ3n) is 1.02. The van der Waals surface area contributed by atoms with Crippen molar-refractivity contribution in [2.75, 3.05) is 0 Å². The van der Waals surface area contributed by atoms with E-state index < -0.39 is 0 Å². The van der Waals surface area contributed by atoms with Crippen LogP contribution in [0.25, 0.3) is 0 Å². The van der Waals surface area contributed by atoms with E-state index in [9.17, 15) is 0 Å². The van der Waals surface area contributed by atoms with E-state index in [1.54, 1.807) is 12.1 Å². The Morgan fingerprint density at radius 1 is 1.50 bits per heavy atom. The molecular weight excluding hydrogens is 235 g/mol. The predicted octanol–water partition coefficient (Wildman–Crippen LogP) is 3.40. The zero-order chi connectivity index (χ0) is 7.56. The molecule has 1 nitrogen and oxygen atoms in total. The zero-order valence-corrected chi connectivity index (χ0v) is 8.00. The minimum Gasteiger partial charge on any atom is -0.507 e. The van der Waals surface area contributed by atoms with Gasteiger partial charge in [0.05, 0.1) is 4.90 Å². The van der Waals surface area contributed by atoms with Crippen molar-refractivity contribution in [3.63, 3.8) is 0 Å². The molecule has 0 atom stereocenters. The molecule has 0 spiro atoms. The van der Waals surface area contributed by atoms with Crippen LogP contribution in [0, 0.1) is 0 Å². The van der Waals surface area contributed by atoms with E-state index >= 15 is 0 Å². The summed E-state index contributed by atoms with van der Waals surface area (Å²) in [5.74, 6) is 0.203. The van der Waals surface area contributed by atoms with Gasteiger partial charge < -0.3 is 5.11 Å². The summed E-state index contributed by atoms with van der Waals surface area (Å²) in [6.45, 7) is 0. The molecule has 0 aliphatic rings. The second-order valence-corrected chi connectivity index (χ2v) is 3.55. The van der Waals surface area contributed by atoms with Crippen molar-refractivity contribution in [3.05, 3.63) is 22.7 Å². The molecule has 0 aliphatic heterocycles. The average molecular weight is 240 g/mol. The first-order valence-corrected chi connectivity index (χ1v) is 4.95. The minimum absolute atomic E-state index is 0.203. The Morgan fingerprint density at radius 2 is 2.20 bits per heavy atom. The highest BCUT2D eigenvalue weighted by atomic mass is 79.9. The molecule has 1 aromatic carbocycles. The Morgan fingerprint density at radius 3 is 2.60 bits per heavy atom. The molecule has 1 N–H and O–H groups in total. The second kappa shape index (κ2) is 3.51. The zero-order valence-electron chi connectivity index (χ0n) is 4.84. The number of phenolic OH excluding ortho intramolecular Hbond substituents is 1. The van der Waals surface area contributed by atoms with Crippen molar-refractivity contribution in [3.8, 4) is 5.75 Å². The summed E-state index contributed by atoms with van der Waals surface area (Å²) in [4.78, 5) is 0.657. The van der Waals surface area contributed by atoms with Gasteiger partial charge in [-0.3, -0.25) is 0 Å². The predicted molar refractivity (Wildman–Crippen MR) is 47.5 cm³/mol. The van der Waals surface area contributed by atoms with E-state index in [0.717, 1.165) is 15.4 Å². The summed E-state index contributed by atoms with van der Waals surface area (Å²) in [6, 6.07) is 5.16. The van der Waals surface area contributed by atoms with Crippen LogP contribution in [0.4, 0.5) is 0 Å². The molecule has 0 bridgehead atoms. The van der Waals surface area contributed by atoms with E-state index in [2.05, 4.69) is 15.9 Å². The molecule has 1 rings (SSSR count). The van der Waals surface area contributed by atoms with Crippen molar-refractivity contribution in [1.29, 1.82) is 0 Å². The third-order valence-corrected chi connectivity index (χ3v) is 2.99. The van der Waals surface area contributed by atoms with Gasteiger partial charge in [-0.05, 0) is 49.7 Å². The number of phenols is 1. The van der Waals surface area contributed by atoms with Gasteiger partial charge in [0.2, 0.25) is 0 Å². The van der Waals surface area contributed by atoms with Crippen LogP contribution in [-0.4, -0.2) is 5.11 Å². The quantitative estimate of drug-likeness (QED) is 0.810. The maximum atomic E-state index is 9.16. The van der Waals surface area contributed by atoms with Crippen LogP contribution in [0.3, 0.4) is 0 Å². The second-order valence-electron chi connectivity index (χ2n) is 1.67. The smallest absolute Gasteiger partial charge is 0.131 e. The van der Waals surface area contributed by atoms with Crippen LogP contribution < -0.4 is 0 Å². The van der Waals surface area contributed by atoms with Crippen molar-refractivity contribution in [2.24, 2.45) is 0 Å². The Labute approximate surface area is 76.0 Å². The molecule has 0 fully saturated rings. The maximum Gasteiger partial charge on any atom is 0.131 e. The Kier molecular flexibility index (Phi) is 2.89. The fraction of sp³-hybridized carbons (Fsp3) is 0. The van der Waals surface area contributed by atoms with E-state index in [1.165, 1.54) is 0 Å². The molecule has 4 heteroatoms. The highest BCUT2D eigenvalue weighted by Crippen LogP contribution is 2.36. The summed E-state index contributed by atoms with van der Waals surface area (Å²) in [7, 11) is 6.46. The normalized spacial score (nSPS) is 9.80. The van der Waals surface area contributed by atoms with Crippen LogP contribution in [0.15, 0.2) is 27.6 Å². The molecule has 1 aromatic rings. The van der Waals surface area contributed by atoms with Crippen LogP contribution in [0.1, 0.15) is 0 Å². The van der Waals surface area contributed by atoms with Gasteiger partial charge in [0.25, 0.3) is 0 Å². The standard InChI is InChI=1S/C6H4BrClOS/c7-4-2-1-3-5(9)6(4)10-8/h1-3,9H. The first kappa shape index (κ1) is 8.24. The summed E-state index contributed by atoms with van der Waals surface area (Å²) in [5, 5.41) is 9.16. The maximum absolute atomic E-state index is 9.16. The van der Waals surface area contributed by atoms with Gasteiger partial charge in [-0.2, -0.15) is 0 Å². The fourth-order valence-electron chi connectivity index (χ4n) is 0.574. The lowest BCUT2D eigenvalue weighted by atomic mass is 10.3. The van der Waals surface area contributed by atoms with E-state index in [0.29, 0.717) is 4.90 Å².